The standard InChI is InChI=1S/C10H14NO3P/c1-3-8-11-15(12,13)10-6-4-9(14-2)5-7-10/h3-8H,1-2H3,(H2,11,12,13). The Morgan fingerprint density at radius 3 is 2.47 bits per heavy atom. The number of ether oxygens (including phenoxy) is 1. The van der Waals surface area contributed by atoms with Crippen LogP contribution in [0, 0.1) is 0 Å². The van der Waals surface area contributed by atoms with Gasteiger partial charge in [-0.2, -0.15) is 0 Å². The molecule has 0 radical (unpaired) electrons. The van der Waals surface area contributed by atoms with Crippen molar-refractivity contribution in [3.8, 4) is 5.75 Å². The van der Waals surface area contributed by atoms with Crippen LogP contribution in [0.3, 0.4) is 0 Å². The molecule has 0 aliphatic carbocycles. The molecule has 82 valence electrons. The van der Waals surface area contributed by atoms with Gasteiger partial charge < -0.3 is 14.7 Å². The van der Waals surface area contributed by atoms with Gasteiger partial charge in [-0.25, -0.2) is 0 Å². The Morgan fingerprint density at radius 1 is 1.40 bits per heavy atom. The lowest BCUT2D eigenvalue weighted by molar-refractivity contribution is 0.415. The number of benzene rings is 1. The number of hydrogen-bond acceptors (Lipinski definition) is 2. The summed E-state index contributed by atoms with van der Waals surface area (Å²) < 4.78 is 16.7. The van der Waals surface area contributed by atoms with Gasteiger partial charge in [0.1, 0.15) is 5.75 Å². The number of hydrogen-bond donors (Lipinski definition) is 2. The van der Waals surface area contributed by atoms with Gasteiger partial charge in [-0.1, -0.05) is 6.08 Å². The second kappa shape index (κ2) is 5.01. The Morgan fingerprint density at radius 2 is 2.00 bits per heavy atom. The zero-order valence-electron chi connectivity index (χ0n) is 8.68. The number of allylic oxidation sites excluding steroid dienone is 1. The van der Waals surface area contributed by atoms with Gasteiger partial charge in [0.2, 0.25) is 0 Å². The lowest BCUT2D eigenvalue weighted by atomic mass is 10.3. The largest absolute Gasteiger partial charge is 0.497 e. The highest BCUT2D eigenvalue weighted by atomic mass is 31.2. The maximum atomic E-state index is 11.7. The third kappa shape index (κ3) is 3.11. The maximum absolute atomic E-state index is 11.7. The Balaban J connectivity index is 2.90. The summed E-state index contributed by atoms with van der Waals surface area (Å²) in [6, 6.07) is 6.43. The molecule has 0 spiro atoms. The molecule has 0 aliphatic rings. The van der Waals surface area contributed by atoms with E-state index in [0.717, 1.165) is 0 Å². The zero-order chi connectivity index (χ0) is 11.3. The van der Waals surface area contributed by atoms with Crippen LogP contribution in [0.5, 0.6) is 5.75 Å². The lowest BCUT2D eigenvalue weighted by Crippen LogP contribution is -2.14. The first-order chi connectivity index (χ1) is 7.10. The Labute approximate surface area is 89.1 Å². The first kappa shape index (κ1) is 11.8. The van der Waals surface area contributed by atoms with Gasteiger partial charge in [0, 0.05) is 6.20 Å². The molecule has 1 aromatic rings. The smallest absolute Gasteiger partial charge is 0.320 e. The monoisotopic (exact) mass is 227 g/mol. The minimum absolute atomic E-state index is 0.349. The van der Waals surface area contributed by atoms with Crippen LogP contribution in [0.25, 0.3) is 0 Å². The van der Waals surface area contributed by atoms with E-state index in [1.807, 2.05) is 0 Å². The quantitative estimate of drug-likeness (QED) is 0.767. The third-order valence-corrected chi connectivity index (χ3v) is 3.34. The first-order valence-corrected chi connectivity index (χ1v) is 6.12. The van der Waals surface area contributed by atoms with Gasteiger partial charge in [0.25, 0.3) is 0 Å². The molecule has 2 N–H and O–H groups in total. The molecule has 0 saturated carbocycles. The number of rotatable bonds is 4. The van der Waals surface area contributed by atoms with Crippen molar-refractivity contribution in [1.82, 2.24) is 5.09 Å². The van der Waals surface area contributed by atoms with E-state index in [1.165, 1.54) is 6.20 Å². The molecule has 15 heavy (non-hydrogen) atoms. The van der Waals surface area contributed by atoms with Crippen molar-refractivity contribution >= 4 is 12.8 Å². The summed E-state index contributed by atoms with van der Waals surface area (Å²) in [5.41, 5.74) is 0. The molecule has 0 bridgehead atoms. The highest BCUT2D eigenvalue weighted by molar-refractivity contribution is 7.64. The van der Waals surface area contributed by atoms with Gasteiger partial charge in [0.05, 0.1) is 12.4 Å². The second-order valence-corrected chi connectivity index (χ2v) is 4.83. The van der Waals surface area contributed by atoms with Crippen molar-refractivity contribution in [2.75, 3.05) is 7.11 Å². The molecule has 0 heterocycles. The number of nitrogens with one attached hydrogen (secondary N) is 1. The fourth-order valence-corrected chi connectivity index (χ4v) is 2.09. The molecule has 1 aromatic carbocycles. The van der Waals surface area contributed by atoms with Crippen LogP contribution < -0.4 is 15.1 Å². The predicted molar refractivity (Wildman–Crippen MR) is 60.4 cm³/mol. The maximum Gasteiger partial charge on any atom is 0.320 e. The second-order valence-electron chi connectivity index (χ2n) is 2.90. The minimum atomic E-state index is -3.48. The Kier molecular flexibility index (Phi) is 3.95. The van der Waals surface area contributed by atoms with E-state index >= 15 is 0 Å². The third-order valence-electron chi connectivity index (χ3n) is 1.84. The van der Waals surface area contributed by atoms with Crippen molar-refractivity contribution in [3.05, 3.63) is 36.5 Å². The summed E-state index contributed by atoms with van der Waals surface area (Å²) in [6.45, 7) is 1.76. The van der Waals surface area contributed by atoms with Crippen LogP contribution >= 0.6 is 7.52 Å². The van der Waals surface area contributed by atoms with E-state index in [4.69, 9.17) is 4.74 Å². The molecule has 1 atom stereocenters. The summed E-state index contributed by atoms with van der Waals surface area (Å²) >= 11 is 0. The molecule has 0 fully saturated rings. The lowest BCUT2D eigenvalue weighted by Gasteiger charge is -2.11. The SMILES string of the molecule is CC=CNP(=O)(O)c1ccc(OC)cc1. The highest BCUT2D eigenvalue weighted by Crippen LogP contribution is 2.34. The first-order valence-electron chi connectivity index (χ1n) is 4.46. The van der Waals surface area contributed by atoms with Crippen LogP contribution in [-0.2, 0) is 4.57 Å². The van der Waals surface area contributed by atoms with Crippen LogP contribution in [-0.4, -0.2) is 12.0 Å². The van der Waals surface area contributed by atoms with Gasteiger partial charge >= 0.3 is 7.52 Å². The topological polar surface area (TPSA) is 58.6 Å². The van der Waals surface area contributed by atoms with Gasteiger partial charge in [-0.15, -0.1) is 0 Å². The van der Waals surface area contributed by atoms with Crippen molar-refractivity contribution in [3.63, 3.8) is 0 Å². The van der Waals surface area contributed by atoms with E-state index in [2.05, 4.69) is 5.09 Å². The van der Waals surface area contributed by atoms with E-state index in [-0.39, 0.29) is 0 Å². The molecular formula is C10H14NO3P. The van der Waals surface area contributed by atoms with Crippen molar-refractivity contribution in [1.29, 1.82) is 0 Å². The molecule has 4 nitrogen and oxygen atoms in total. The summed E-state index contributed by atoms with van der Waals surface area (Å²) in [7, 11) is -1.94. The van der Waals surface area contributed by atoms with Crippen LogP contribution in [0.4, 0.5) is 0 Å². The molecule has 5 heteroatoms. The van der Waals surface area contributed by atoms with E-state index in [1.54, 1.807) is 44.4 Å². The number of methoxy groups -OCH3 is 1. The predicted octanol–water partition coefficient (Wildman–Crippen LogP) is 1.63. The van der Waals surface area contributed by atoms with Crippen LogP contribution in [0.2, 0.25) is 0 Å². The zero-order valence-corrected chi connectivity index (χ0v) is 9.57. The van der Waals surface area contributed by atoms with E-state index < -0.39 is 7.52 Å². The van der Waals surface area contributed by atoms with Gasteiger partial charge in [0.15, 0.2) is 0 Å². The summed E-state index contributed by atoms with van der Waals surface area (Å²) in [4.78, 5) is 9.63. The van der Waals surface area contributed by atoms with Crippen molar-refractivity contribution < 1.29 is 14.2 Å². The Bertz CT molecular complexity index is 386. The summed E-state index contributed by atoms with van der Waals surface area (Å²) in [5.74, 6) is 0.657. The molecule has 0 saturated heterocycles. The average Bonchev–Trinajstić information content (AvgIpc) is 2.26. The van der Waals surface area contributed by atoms with Crippen LogP contribution in [0.15, 0.2) is 36.5 Å². The molecule has 0 aliphatic heterocycles. The van der Waals surface area contributed by atoms with Crippen molar-refractivity contribution in [2.24, 2.45) is 0 Å². The van der Waals surface area contributed by atoms with E-state index in [9.17, 15) is 9.46 Å². The van der Waals surface area contributed by atoms with Crippen molar-refractivity contribution in [2.45, 2.75) is 6.92 Å². The minimum Gasteiger partial charge on any atom is -0.497 e. The molecule has 1 unspecified atom stereocenters. The molecule has 0 aromatic heterocycles. The fourth-order valence-electron chi connectivity index (χ4n) is 1.03. The normalized spacial score (nSPS) is 14.9. The summed E-state index contributed by atoms with van der Waals surface area (Å²) in [5, 5.41) is 2.80. The van der Waals surface area contributed by atoms with Gasteiger partial charge in [-0.3, -0.25) is 4.57 Å². The molecular weight excluding hydrogens is 213 g/mol. The fraction of sp³-hybridized carbons (Fsp3) is 0.200. The summed E-state index contributed by atoms with van der Waals surface area (Å²) in [6.07, 6.45) is 3.11. The molecule has 1 rings (SSSR count). The van der Waals surface area contributed by atoms with Crippen LogP contribution in [0.1, 0.15) is 6.92 Å². The van der Waals surface area contributed by atoms with Gasteiger partial charge in [-0.05, 0) is 31.2 Å². The van der Waals surface area contributed by atoms with E-state index in [0.29, 0.717) is 11.1 Å². The Hall–Kier alpha value is -1.25. The molecule has 0 amide bonds. The highest BCUT2D eigenvalue weighted by Gasteiger charge is 2.18. The average molecular weight is 227 g/mol.